The quantitative estimate of drug-likeness (QED) is 0.657. The van der Waals surface area contributed by atoms with E-state index in [1.807, 2.05) is 13.8 Å². The van der Waals surface area contributed by atoms with E-state index in [2.05, 4.69) is 16.9 Å². The largest absolute Gasteiger partial charge is 0.368 e. The van der Waals surface area contributed by atoms with Crippen molar-refractivity contribution in [3.05, 3.63) is 17.0 Å². The highest BCUT2D eigenvalue weighted by molar-refractivity contribution is 5.29. The molecule has 0 aromatic carbocycles. The first-order chi connectivity index (χ1) is 5.15. The van der Waals surface area contributed by atoms with Gasteiger partial charge >= 0.3 is 0 Å². The van der Waals surface area contributed by atoms with Crippen LogP contribution in [0, 0.1) is 13.8 Å². The third-order valence-corrected chi connectivity index (χ3v) is 1.84. The van der Waals surface area contributed by atoms with Crippen LogP contribution in [0.1, 0.15) is 23.9 Å². The summed E-state index contributed by atoms with van der Waals surface area (Å²) in [6, 6.07) is 0. The van der Waals surface area contributed by atoms with Gasteiger partial charge in [-0.05, 0) is 25.8 Å². The molecule has 0 spiro atoms. The Morgan fingerprint density at radius 3 is 2.45 bits per heavy atom. The molecule has 3 nitrogen and oxygen atoms in total. The second-order valence-electron chi connectivity index (χ2n) is 2.59. The van der Waals surface area contributed by atoms with Gasteiger partial charge in [-0.25, -0.2) is 9.97 Å². The molecule has 0 saturated heterocycles. The van der Waals surface area contributed by atoms with Gasteiger partial charge < -0.3 is 5.73 Å². The molecule has 0 atom stereocenters. The molecule has 2 N–H and O–H groups in total. The molecule has 11 heavy (non-hydrogen) atoms. The van der Waals surface area contributed by atoms with Crippen LogP contribution in [0.5, 0.6) is 0 Å². The first kappa shape index (κ1) is 7.98. The number of aryl methyl sites for hydroxylation is 2. The molecule has 0 aliphatic heterocycles. The van der Waals surface area contributed by atoms with Gasteiger partial charge in [-0.2, -0.15) is 0 Å². The number of rotatable bonds is 1. The van der Waals surface area contributed by atoms with Crippen LogP contribution in [-0.2, 0) is 6.42 Å². The highest BCUT2D eigenvalue weighted by Crippen LogP contribution is 2.10. The van der Waals surface area contributed by atoms with E-state index in [9.17, 15) is 0 Å². The van der Waals surface area contributed by atoms with Crippen molar-refractivity contribution < 1.29 is 0 Å². The molecule has 1 aromatic rings. The number of nitrogen functional groups attached to an aromatic ring is 1. The van der Waals surface area contributed by atoms with Crippen LogP contribution in [0.4, 0.5) is 5.95 Å². The summed E-state index contributed by atoms with van der Waals surface area (Å²) in [5.74, 6) is 0.380. The first-order valence-corrected chi connectivity index (χ1v) is 3.74. The number of anilines is 1. The third kappa shape index (κ3) is 1.48. The first-order valence-electron chi connectivity index (χ1n) is 3.74. The molecular weight excluding hydrogens is 138 g/mol. The van der Waals surface area contributed by atoms with Gasteiger partial charge in [0.2, 0.25) is 5.95 Å². The minimum Gasteiger partial charge on any atom is -0.368 e. The predicted molar refractivity (Wildman–Crippen MR) is 45.3 cm³/mol. The molecule has 60 valence electrons. The van der Waals surface area contributed by atoms with Gasteiger partial charge in [0.1, 0.15) is 0 Å². The topological polar surface area (TPSA) is 51.8 Å². The number of hydrogen-bond donors (Lipinski definition) is 1. The molecule has 0 amide bonds. The average Bonchev–Trinajstić information content (AvgIpc) is 1.96. The summed E-state index contributed by atoms with van der Waals surface area (Å²) in [7, 11) is 0. The Morgan fingerprint density at radius 2 is 1.91 bits per heavy atom. The van der Waals surface area contributed by atoms with Crippen molar-refractivity contribution in [3.63, 3.8) is 0 Å². The van der Waals surface area contributed by atoms with Crippen LogP contribution in [-0.4, -0.2) is 9.97 Å². The van der Waals surface area contributed by atoms with Gasteiger partial charge in [-0.3, -0.25) is 0 Å². The Kier molecular flexibility index (Phi) is 2.08. The van der Waals surface area contributed by atoms with E-state index < -0.39 is 0 Å². The minimum atomic E-state index is 0.380. The molecule has 1 heterocycles. The van der Waals surface area contributed by atoms with E-state index in [1.165, 1.54) is 0 Å². The standard InChI is InChI=1S/C8H13N3/c1-4-7-5(2)6(3)10-8(9)11-7/h4H2,1-3H3,(H2,9,10,11). The fourth-order valence-corrected chi connectivity index (χ4v) is 1.06. The number of hydrogen-bond acceptors (Lipinski definition) is 3. The van der Waals surface area contributed by atoms with Gasteiger partial charge in [0.25, 0.3) is 0 Å². The van der Waals surface area contributed by atoms with E-state index in [0.29, 0.717) is 5.95 Å². The molecule has 0 radical (unpaired) electrons. The van der Waals surface area contributed by atoms with E-state index in [4.69, 9.17) is 5.73 Å². The predicted octanol–water partition coefficient (Wildman–Crippen LogP) is 1.24. The lowest BCUT2D eigenvalue weighted by molar-refractivity contribution is 0.955. The molecule has 0 saturated carbocycles. The summed E-state index contributed by atoms with van der Waals surface area (Å²) < 4.78 is 0. The lowest BCUT2D eigenvalue weighted by atomic mass is 10.1. The Balaban J connectivity index is 3.24. The maximum atomic E-state index is 5.48. The van der Waals surface area contributed by atoms with Gasteiger partial charge in [0.05, 0.1) is 0 Å². The maximum Gasteiger partial charge on any atom is 0.220 e. The molecule has 3 heteroatoms. The summed E-state index contributed by atoms with van der Waals surface area (Å²) in [5.41, 5.74) is 8.67. The van der Waals surface area contributed by atoms with Crippen molar-refractivity contribution in [3.8, 4) is 0 Å². The van der Waals surface area contributed by atoms with Gasteiger partial charge in [-0.1, -0.05) is 6.92 Å². The van der Waals surface area contributed by atoms with Gasteiger partial charge in [0.15, 0.2) is 0 Å². The van der Waals surface area contributed by atoms with Crippen molar-refractivity contribution in [2.75, 3.05) is 5.73 Å². The molecule has 0 aliphatic carbocycles. The number of aromatic nitrogens is 2. The summed E-state index contributed by atoms with van der Waals surface area (Å²) in [5, 5.41) is 0. The summed E-state index contributed by atoms with van der Waals surface area (Å²) >= 11 is 0. The molecule has 1 rings (SSSR count). The Hall–Kier alpha value is -1.12. The van der Waals surface area contributed by atoms with Crippen molar-refractivity contribution >= 4 is 5.95 Å². The number of nitrogens with two attached hydrogens (primary N) is 1. The van der Waals surface area contributed by atoms with E-state index in [0.717, 1.165) is 23.4 Å². The smallest absolute Gasteiger partial charge is 0.220 e. The van der Waals surface area contributed by atoms with E-state index >= 15 is 0 Å². The van der Waals surface area contributed by atoms with Gasteiger partial charge in [0, 0.05) is 11.4 Å². The van der Waals surface area contributed by atoms with Crippen LogP contribution >= 0.6 is 0 Å². The monoisotopic (exact) mass is 151 g/mol. The van der Waals surface area contributed by atoms with Crippen LogP contribution in [0.3, 0.4) is 0 Å². The summed E-state index contributed by atoms with van der Waals surface area (Å²) in [6.45, 7) is 6.04. The Labute approximate surface area is 66.7 Å². The van der Waals surface area contributed by atoms with Crippen molar-refractivity contribution in [1.29, 1.82) is 0 Å². The molecular formula is C8H13N3. The van der Waals surface area contributed by atoms with Gasteiger partial charge in [-0.15, -0.1) is 0 Å². The highest BCUT2D eigenvalue weighted by Gasteiger charge is 2.02. The fourth-order valence-electron chi connectivity index (χ4n) is 1.06. The second kappa shape index (κ2) is 2.86. The van der Waals surface area contributed by atoms with Crippen LogP contribution in [0.2, 0.25) is 0 Å². The van der Waals surface area contributed by atoms with Crippen molar-refractivity contribution in [2.45, 2.75) is 27.2 Å². The Bertz CT molecular complexity index is 268. The van der Waals surface area contributed by atoms with Crippen LogP contribution < -0.4 is 5.73 Å². The molecule has 0 unspecified atom stereocenters. The highest BCUT2D eigenvalue weighted by atomic mass is 15.0. The lowest BCUT2D eigenvalue weighted by Crippen LogP contribution is -2.03. The van der Waals surface area contributed by atoms with Crippen LogP contribution in [0.15, 0.2) is 0 Å². The molecule has 0 fully saturated rings. The maximum absolute atomic E-state index is 5.48. The summed E-state index contributed by atoms with van der Waals surface area (Å²) in [4.78, 5) is 8.17. The SMILES string of the molecule is CCc1nc(N)nc(C)c1C. The molecule has 0 aliphatic rings. The fraction of sp³-hybridized carbons (Fsp3) is 0.500. The average molecular weight is 151 g/mol. The van der Waals surface area contributed by atoms with E-state index in [1.54, 1.807) is 0 Å². The third-order valence-electron chi connectivity index (χ3n) is 1.84. The minimum absolute atomic E-state index is 0.380. The van der Waals surface area contributed by atoms with Crippen LogP contribution in [0.25, 0.3) is 0 Å². The van der Waals surface area contributed by atoms with E-state index in [-0.39, 0.29) is 0 Å². The lowest BCUT2D eigenvalue weighted by Gasteiger charge is -2.04. The zero-order chi connectivity index (χ0) is 8.43. The summed E-state index contributed by atoms with van der Waals surface area (Å²) in [6.07, 6.45) is 0.916. The Morgan fingerprint density at radius 1 is 1.27 bits per heavy atom. The van der Waals surface area contributed by atoms with Crippen molar-refractivity contribution in [1.82, 2.24) is 9.97 Å². The normalized spacial score (nSPS) is 10.1. The number of nitrogens with zero attached hydrogens (tertiary/aromatic N) is 2. The molecule has 1 aromatic heterocycles. The second-order valence-corrected chi connectivity index (χ2v) is 2.59. The zero-order valence-electron chi connectivity index (χ0n) is 7.18. The zero-order valence-corrected chi connectivity index (χ0v) is 7.18. The molecule has 0 bridgehead atoms. The van der Waals surface area contributed by atoms with Crippen molar-refractivity contribution in [2.24, 2.45) is 0 Å².